The first-order valence-corrected chi connectivity index (χ1v) is 16.5. The van der Waals surface area contributed by atoms with E-state index in [1.165, 1.54) is 17.1 Å². The van der Waals surface area contributed by atoms with E-state index in [1.54, 1.807) is 49.4 Å². The van der Waals surface area contributed by atoms with Gasteiger partial charge < -0.3 is 29.2 Å². The molecule has 0 spiro atoms. The van der Waals surface area contributed by atoms with Gasteiger partial charge in [0.1, 0.15) is 24.2 Å². The monoisotopic (exact) mass is 676 g/mol. The van der Waals surface area contributed by atoms with Gasteiger partial charge in [-0.25, -0.2) is 14.6 Å². The lowest BCUT2D eigenvalue weighted by molar-refractivity contribution is -0.158. The topological polar surface area (TPSA) is 177 Å². The van der Waals surface area contributed by atoms with Gasteiger partial charge in [-0.3, -0.25) is 19.7 Å². The Morgan fingerprint density at radius 2 is 1.96 bits per heavy atom. The Hall–Kier alpha value is -5.04. The minimum Gasteiger partial charge on any atom is -0.460 e. The number of esters is 1. The number of nitrogens with zero attached hydrogens (tertiary/aromatic N) is 2. The molecule has 4 rings (SSSR count). The highest BCUT2D eigenvalue weighted by Crippen LogP contribution is 2.27. The quantitative estimate of drug-likeness (QED) is 0.390. The number of aliphatic hydroxyl groups excluding tert-OH is 1. The van der Waals surface area contributed by atoms with E-state index >= 15 is 0 Å². The van der Waals surface area contributed by atoms with Crippen LogP contribution in [0.4, 0.5) is 10.5 Å². The zero-order chi connectivity index (χ0) is 35.3. The summed E-state index contributed by atoms with van der Waals surface area (Å²) in [4.78, 5) is 70.2. The van der Waals surface area contributed by atoms with Crippen LogP contribution in [0.5, 0.6) is 0 Å². The van der Waals surface area contributed by atoms with Crippen LogP contribution in [0.1, 0.15) is 62.8 Å². The summed E-state index contributed by atoms with van der Waals surface area (Å²) >= 11 is 0. The molecule has 3 heterocycles. The number of anilines is 1. The van der Waals surface area contributed by atoms with Crippen molar-refractivity contribution in [2.45, 2.75) is 71.1 Å². The van der Waals surface area contributed by atoms with E-state index < -0.39 is 42.1 Å². The molecule has 2 aliphatic heterocycles. The van der Waals surface area contributed by atoms with Crippen molar-refractivity contribution in [3.8, 4) is 0 Å². The molecule has 0 saturated carbocycles. The molecule has 1 fully saturated rings. The van der Waals surface area contributed by atoms with Crippen LogP contribution in [0.2, 0.25) is 0 Å². The molecule has 1 aromatic heterocycles. The number of ketones is 1. The Kier molecular flexibility index (Phi) is 13.5. The first-order chi connectivity index (χ1) is 23.5. The summed E-state index contributed by atoms with van der Waals surface area (Å²) < 4.78 is 16.8. The summed E-state index contributed by atoms with van der Waals surface area (Å²) in [5.74, 6) is -2.53. The van der Waals surface area contributed by atoms with Gasteiger partial charge in [-0.15, -0.1) is 0 Å². The summed E-state index contributed by atoms with van der Waals surface area (Å²) in [6, 6.07) is 8.01. The van der Waals surface area contributed by atoms with Crippen molar-refractivity contribution < 1.29 is 43.0 Å². The number of amides is 3. The molecule has 1 aromatic carbocycles. The number of carbonyl (C=O) groups excluding carboxylic acids is 5. The maximum absolute atomic E-state index is 13.7. The van der Waals surface area contributed by atoms with Crippen LogP contribution in [0.15, 0.2) is 77.0 Å². The van der Waals surface area contributed by atoms with Crippen LogP contribution in [0.3, 0.4) is 0 Å². The van der Waals surface area contributed by atoms with Gasteiger partial charge in [0.05, 0.1) is 19.1 Å². The lowest BCUT2D eigenvalue weighted by Gasteiger charge is -2.31. The normalized spacial score (nSPS) is 24.2. The predicted octanol–water partition coefficient (Wildman–Crippen LogP) is 4.15. The highest BCUT2D eigenvalue weighted by molar-refractivity contribution is 5.95. The van der Waals surface area contributed by atoms with E-state index in [9.17, 15) is 29.1 Å². The Morgan fingerprint density at radius 1 is 1.18 bits per heavy atom. The summed E-state index contributed by atoms with van der Waals surface area (Å²) in [5.41, 5.74) is 1.25. The predicted molar refractivity (Wildman–Crippen MR) is 179 cm³/mol. The number of aliphatic hydroxyl groups is 1. The van der Waals surface area contributed by atoms with E-state index in [4.69, 9.17) is 13.9 Å². The molecule has 262 valence electrons. The van der Waals surface area contributed by atoms with Crippen molar-refractivity contribution in [2.24, 2.45) is 11.8 Å². The van der Waals surface area contributed by atoms with Gasteiger partial charge >= 0.3 is 12.1 Å². The molecule has 2 aliphatic rings. The summed E-state index contributed by atoms with van der Waals surface area (Å²) in [7, 11) is 0. The fourth-order valence-electron chi connectivity index (χ4n) is 5.73. The number of benzene rings is 1. The van der Waals surface area contributed by atoms with Crippen LogP contribution < -0.4 is 10.6 Å². The second-order valence-corrected chi connectivity index (χ2v) is 12.3. The summed E-state index contributed by atoms with van der Waals surface area (Å²) in [5, 5.41) is 15.8. The molecular formula is C36H44N4O9. The zero-order valence-corrected chi connectivity index (χ0v) is 28.0. The number of fused-ring (bicyclic) bond motifs is 3. The van der Waals surface area contributed by atoms with Crippen molar-refractivity contribution >= 4 is 35.3 Å². The molecule has 13 heteroatoms. The summed E-state index contributed by atoms with van der Waals surface area (Å²) in [6.45, 7) is 6.00. The van der Waals surface area contributed by atoms with Crippen molar-refractivity contribution in [3.05, 3.63) is 84.1 Å². The van der Waals surface area contributed by atoms with E-state index in [2.05, 4.69) is 15.6 Å². The highest BCUT2D eigenvalue weighted by atomic mass is 16.6. The van der Waals surface area contributed by atoms with Crippen LogP contribution in [0, 0.1) is 11.8 Å². The molecule has 0 unspecified atom stereocenters. The Morgan fingerprint density at radius 3 is 2.73 bits per heavy atom. The SMILES string of the molecule is CC1=C[C@@H](O)CC(=O)Cc2nc(co2)C(=O)N2CCC[C@@H]2C(=O)O[C@H]([C@H](C)CCOC(=O)Nc2ccccc2)[C@H](C)/C=C/C(=O)NCC=C1. The Bertz CT molecular complexity index is 1560. The maximum Gasteiger partial charge on any atom is 0.411 e. The van der Waals surface area contributed by atoms with Gasteiger partial charge in [0.2, 0.25) is 11.8 Å². The van der Waals surface area contributed by atoms with Crippen LogP contribution in [-0.4, -0.2) is 82.6 Å². The number of rotatable bonds is 5. The molecule has 3 amide bonds. The van der Waals surface area contributed by atoms with Crippen LogP contribution in [0.25, 0.3) is 0 Å². The average Bonchev–Trinajstić information content (AvgIpc) is 3.74. The standard InChI is InChI=1S/C36H44N4O9/c1-23-9-7-16-37-31(43)14-13-24(2)33(25(3)15-18-47-36(46)38-26-10-5-4-6-11-26)49-35(45)30-12-8-17-40(30)34(44)29-22-48-32(39-29)21-28(42)20-27(41)19-23/h4-7,9-11,13-14,19,22,24-25,27,30,33,41H,8,12,15-18,20-21H2,1-3H3,(H,37,43)(H,38,46)/b9-7?,14-13+,23-19?/t24-,25-,27-,30-,33+/m1/s1. The van der Waals surface area contributed by atoms with Gasteiger partial charge in [-0.2, -0.15) is 0 Å². The Balaban J connectivity index is 1.51. The van der Waals surface area contributed by atoms with Gasteiger partial charge in [-0.1, -0.05) is 61.9 Å². The van der Waals surface area contributed by atoms with E-state index in [0.717, 1.165) is 6.26 Å². The third kappa shape index (κ3) is 11.3. The molecular weight excluding hydrogens is 632 g/mol. The molecule has 1 saturated heterocycles. The number of hydrogen-bond acceptors (Lipinski definition) is 10. The maximum atomic E-state index is 13.7. The first-order valence-electron chi connectivity index (χ1n) is 16.5. The highest BCUT2D eigenvalue weighted by Gasteiger charge is 2.39. The number of para-hydroxylation sites is 1. The van der Waals surface area contributed by atoms with Crippen molar-refractivity contribution in [1.29, 1.82) is 0 Å². The Labute approximate surface area is 285 Å². The minimum atomic E-state index is -1.04. The lowest BCUT2D eigenvalue weighted by atomic mass is 9.90. The van der Waals surface area contributed by atoms with E-state index in [1.807, 2.05) is 19.9 Å². The molecule has 3 N–H and O–H groups in total. The third-order valence-corrected chi connectivity index (χ3v) is 8.28. The number of carbonyl (C=O) groups is 5. The molecule has 13 nitrogen and oxygen atoms in total. The van der Waals surface area contributed by atoms with Crippen molar-refractivity contribution in [2.75, 3.05) is 25.0 Å². The minimum absolute atomic E-state index is 0.0303. The number of oxazole rings is 1. The third-order valence-electron chi connectivity index (χ3n) is 8.28. The van der Waals surface area contributed by atoms with Gasteiger partial charge in [0, 0.05) is 31.1 Å². The fraction of sp³-hybridized carbons (Fsp3) is 0.444. The van der Waals surface area contributed by atoms with Crippen LogP contribution >= 0.6 is 0 Å². The first kappa shape index (κ1) is 36.8. The number of ether oxygens (including phenoxy) is 2. The van der Waals surface area contributed by atoms with Crippen LogP contribution in [-0.2, 0) is 30.3 Å². The van der Waals surface area contributed by atoms with Crippen molar-refractivity contribution in [1.82, 2.24) is 15.2 Å². The van der Waals surface area contributed by atoms with E-state index in [0.29, 0.717) is 37.1 Å². The second-order valence-electron chi connectivity index (χ2n) is 12.3. The molecule has 49 heavy (non-hydrogen) atoms. The smallest absolute Gasteiger partial charge is 0.411 e. The number of hydrogen-bond donors (Lipinski definition) is 3. The number of Topliss-reactive ketones (excluding diaryl/α,β-unsaturated/α-hetero) is 1. The fourth-order valence-corrected chi connectivity index (χ4v) is 5.73. The lowest BCUT2D eigenvalue weighted by Crippen LogP contribution is -2.44. The average molecular weight is 677 g/mol. The number of cyclic esters (lactones) is 1. The van der Waals surface area contributed by atoms with E-state index in [-0.39, 0.29) is 55.2 Å². The van der Waals surface area contributed by atoms with Gasteiger partial charge in [0.25, 0.3) is 5.91 Å². The molecule has 0 aliphatic carbocycles. The zero-order valence-electron chi connectivity index (χ0n) is 28.0. The number of nitrogens with one attached hydrogen (secondary N) is 2. The molecule has 5 atom stereocenters. The number of allylic oxidation sites excluding steroid dienone is 2. The summed E-state index contributed by atoms with van der Waals surface area (Å²) in [6.07, 6.45) is 7.66. The molecule has 2 aromatic rings. The van der Waals surface area contributed by atoms with Gasteiger partial charge in [0.15, 0.2) is 5.69 Å². The largest absolute Gasteiger partial charge is 0.460 e. The van der Waals surface area contributed by atoms with Gasteiger partial charge in [-0.05, 0) is 50.3 Å². The molecule has 2 bridgehead atoms. The number of aromatic nitrogens is 1. The van der Waals surface area contributed by atoms with Crippen molar-refractivity contribution in [3.63, 3.8) is 0 Å². The molecule has 0 radical (unpaired) electrons. The second kappa shape index (κ2) is 17.9.